The van der Waals surface area contributed by atoms with Crippen LogP contribution in [-0.4, -0.2) is 54.1 Å². The number of ether oxygens (including phenoxy) is 1. The third-order valence-corrected chi connectivity index (χ3v) is 5.02. The number of hydrogen-bond acceptors (Lipinski definition) is 3. The minimum atomic E-state index is -0.330. The highest BCUT2D eigenvalue weighted by atomic mass is 19.1. The summed E-state index contributed by atoms with van der Waals surface area (Å²) in [6.07, 6.45) is 0.0434. The molecule has 0 spiro atoms. The quantitative estimate of drug-likeness (QED) is 0.861. The van der Waals surface area contributed by atoms with Crippen LogP contribution in [0.4, 0.5) is 4.39 Å². The summed E-state index contributed by atoms with van der Waals surface area (Å²) < 4.78 is 19.0. The van der Waals surface area contributed by atoms with Gasteiger partial charge in [0.1, 0.15) is 5.82 Å². The predicted molar refractivity (Wildman–Crippen MR) is 92.7 cm³/mol. The zero-order valence-corrected chi connectivity index (χ0v) is 14.0. The second-order valence-electron chi connectivity index (χ2n) is 6.65. The minimum absolute atomic E-state index is 0.0434. The highest BCUT2D eigenvalue weighted by molar-refractivity contribution is 5.94. The largest absolute Gasteiger partial charge is 0.373 e. The fourth-order valence-electron chi connectivity index (χ4n) is 3.71. The second kappa shape index (κ2) is 6.94. The molecule has 2 heterocycles. The van der Waals surface area contributed by atoms with Gasteiger partial charge in [0, 0.05) is 31.7 Å². The molecule has 1 amide bonds. The molecule has 0 bridgehead atoms. The van der Waals surface area contributed by atoms with Gasteiger partial charge in [-0.2, -0.15) is 0 Å². The Hall–Kier alpha value is -2.24. The normalized spacial score (nSPS) is 23.5. The molecule has 0 saturated carbocycles. The van der Waals surface area contributed by atoms with Crippen LogP contribution in [0.5, 0.6) is 0 Å². The summed E-state index contributed by atoms with van der Waals surface area (Å²) >= 11 is 0. The Morgan fingerprint density at radius 1 is 1.08 bits per heavy atom. The summed E-state index contributed by atoms with van der Waals surface area (Å²) in [4.78, 5) is 16.9. The smallest absolute Gasteiger partial charge is 0.254 e. The topological polar surface area (TPSA) is 32.8 Å². The molecule has 25 heavy (non-hydrogen) atoms. The third kappa shape index (κ3) is 3.43. The molecule has 0 aromatic heterocycles. The number of hydrogen-bond donors (Lipinski definition) is 0. The van der Waals surface area contributed by atoms with Crippen molar-refractivity contribution >= 4 is 5.91 Å². The van der Waals surface area contributed by atoms with Gasteiger partial charge in [0.15, 0.2) is 0 Å². The molecule has 0 N–H and O–H groups in total. The maximum absolute atomic E-state index is 13.1. The maximum atomic E-state index is 13.1. The predicted octanol–water partition coefficient (Wildman–Crippen LogP) is 2.55. The first-order valence-corrected chi connectivity index (χ1v) is 8.65. The number of morpholine rings is 1. The third-order valence-electron chi connectivity index (χ3n) is 5.02. The van der Waals surface area contributed by atoms with E-state index in [-0.39, 0.29) is 23.9 Å². The number of rotatable bonds is 3. The Balaban J connectivity index is 1.47. The van der Waals surface area contributed by atoms with Crippen molar-refractivity contribution in [2.75, 3.05) is 26.2 Å². The summed E-state index contributed by atoms with van der Waals surface area (Å²) in [5.41, 5.74) is 1.79. The highest BCUT2D eigenvalue weighted by Crippen LogP contribution is 2.25. The van der Waals surface area contributed by atoms with Crippen molar-refractivity contribution in [3.63, 3.8) is 0 Å². The molecule has 130 valence electrons. The Morgan fingerprint density at radius 3 is 2.60 bits per heavy atom. The van der Waals surface area contributed by atoms with E-state index in [0.29, 0.717) is 25.3 Å². The molecule has 0 aliphatic carbocycles. The number of carbonyl (C=O) groups is 1. The number of carbonyl (C=O) groups excluding carboxylic acids is 1. The van der Waals surface area contributed by atoms with Gasteiger partial charge in [-0.15, -0.1) is 0 Å². The van der Waals surface area contributed by atoms with Crippen molar-refractivity contribution in [1.82, 2.24) is 9.80 Å². The molecular formula is C20H21FN2O2. The van der Waals surface area contributed by atoms with Gasteiger partial charge in [-0.3, -0.25) is 9.69 Å². The number of halogens is 1. The van der Waals surface area contributed by atoms with Gasteiger partial charge in [0.25, 0.3) is 5.91 Å². The molecule has 2 aliphatic rings. The standard InChI is InChI=1S/C20H21FN2O2/c21-17-8-6-16(7-9-17)20(24)23-13-18-19(14-23)25-11-10-22(18)12-15-4-2-1-3-5-15/h1-9,18-19H,10-14H2. The zero-order chi connectivity index (χ0) is 17.2. The van der Waals surface area contributed by atoms with Crippen molar-refractivity contribution in [2.45, 2.75) is 18.7 Å². The lowest BCUT2D eigenvalue weighted by atomic mass is 10.1. The summed E-state index contributed by atoms with van der Waals surface area (Å²) in [6.45, 7) is 3.66. The van der Waals surface area contributed by atoms with Gasteiger partial charge in [0.2, 0.25) is 0 Å². The lowest BCUT2D eigenvalue weighted by molar-refractivity contribution is -0.0503. The molecule has 2 aliphatic heterocycles. The minimum Gasteiger partial charge on any atom is -0.373 e. The van der Waals surface area contributed by atoms with Gasteiger partial charge in [-0.1, -0.05) is 30.3 Å². The molecule has 2 aromatic rings. The van der Waals surface area contributed by atoms with Crippen LogP contribution in [0.25, 0.3) is 0 Å². The summed E-state index contributed by atoms with van der Waals surface area (Å²) in [5.74, 6) is -0.387. The molecule has 4 nitrogen and oxygen atoms in total. The zero-order valence-electron chi connectivity index (χ0n) is 14.0. The monoisotopic (exact) mass is 340 g/mol. The van der Waals surface area contributed by atoms with E-state index in [9.17, 15) is 9.18 Å². The van der Waals surface area contributed by atoms with Crippen LogP contribution < -0.4 is 0 Å². The van der Waals surface area contributed by atoms with E-state index in [0.717, 1.165) is 13.1 Å². The number of likely N-dealkylation sites (tertiary alicyclic amines) is 1. The second-order valence-corrected chi connectivity index (χ2v) is 6.65. The van der Waals surface area contributed by atoms with E-state index in [4.69, 9.17) is 4.74 Å². The number of benzene rings is 2. The number of amides is 1. The van der Waals surface area contributed by atoms with E-state index in [1.807, 2.05) is 23.1 Å². The highest BCUT2D eigenvalue weighted by Gasteiger charge is 2.41. The van der Waals surface area contributed by atoms with E-state index in [1.165, 1.54) is 17.7 Å². The molecule has 2 unspecified atom stereocenters. The van der Waals surface area contributed by atoms with Crippen molar-refractivity contribution < 1.29 is 13.9 Å². The van der Waals surface area contributed by atoms with E-state index in [2.05, 4.69) is 17.0 Å². The van der Waals surface area contributed by atoms with Gasteiger partial charge >= 0.3 is 0 Å². The fraction of sp³-hybridized carbons (Fsp3) is 0.350. The Morgan fingerprint density at radius 2 is 1.84 bits per heavy atom. The van der Waals surface area contributed by atoms with Crippen molar-refractivity contribution in [1.29, 1.82) is 0 Å². The SMILES string of the molecule is O=C(c1ccc(F)cc1)N1CC2OCCN(Cc3ccccc3)C2C1. The Labute approximate surface area is 146 Å². The lowest BCUT2D eigenvalue weighted by Crippen LogP contribution is -2.50. The molecule has 0 radical (unpaired) electrons. The average molecular weight is 340 g/mol. The first kappa shape index (κ1) is 16.2. The van der Waals surface area contributed by atoms with Crippen LogP contribution in [0.15, 0.2) is 54.6 Å². The summed E-state index contributed by atoms with van der Waals surface area (Å²) in [6, 6.07) is 16.3. The van der Waals surface area contributed by atoms with Crippen LogP contribution in [-0.2, 0) is 11.3 Å². The van der Waals surface area contributed by atoms with Crippen LogP contribution >= 0.6 is 0 Å². The molecule has 2 aromatic carbocycles. The molecule has 2 saturated heterocycles. The van der Waals surface area contributed by atoms with Gasteiger partial charge in [-0.25, -0.2) is 4.39 Å². The van der Waals surface area contributed by atoms with E-state index in [1.54, 1.807) is 12.1 Å². The average Bonchev–Trinajstić information content (AvgIpc) is 3.08. The molecule has 4 rings (SSSR count). The molecule has 2 atom stereocenters. The summed E-state index contributed by atoms with van der Waals surface area (Å²) in [5, 5.41) is 0. The van der Waals surface area contributed by atoms with Crippen molar-refractivity contribution in [3.05, 3.63) is 71.5 Å². The van der Waals surface area contributed by atoms with Crippen molar-refractivity contribution in [2.24, 2.45) is 0 Å². The van der Waals surface area contributed by atoms with Gasteiger partial charge in [-0.05, 0) is 29.8 Å². The van der Waals surface area contributed by atoms with Crippen LogP contribution in [0.2, 0.25) is 0 Å². The number of fused-ring (bicyclic) bond motifs is 1. The summed E-state index contributed by atoms with van der Waals surface area (Å²) in [7, 11) is 0. The first-order valence-electron chi connectivity index (χ1n) is 8.65. The molecular weight excluding hydrogens is 319 g/mol. The van der Waals surface area contributed by atoms with E-state index >= 15 is 0 Å². The van der Waals surface area contributed by atoms with Gasteiger partial charge < -0.3 is 9.64 Å². The van der Waals surface area contributed by atoms with Gasteiger partial charge in [0.05, 0.1) is 18.8 Å². The Bertz CT molecular complexity index is 735. The van der Waals surface area contributed by atoms with Crippen LogP contribution in [0.1, 0.15) is 15.9 Å². The van der Waals surface area contributed by atoms with E-state index < -0.39 is 0 Å². The fourth-order valence-corrected chi connectivity index (χ4v) is 3.71. The molecule has 5 heteroatoms. The lowest BCUT2D eigenvalue weighted by Gasteiger charge is -2.36. The first-order chi connectivity index (χ1) is 12.2. The van der Waals surface area contributed by atoms with Crippen molar-refractivity contribution in [3.8, 4) is 0 Å². The maximum Gasteiger partial charge on any atom is 0.254 e. The van der Waals surface area contributed by atoms with Crippen LogP contribution in [0.3, 0.4) is 0 Å². The molecule has 2 fully saturated rings. The number of nitrogens with zero attached hydrogens (tertiary/aromatic N) is 2. The Kier molecular flexibility index (Phi) is 4.51. The van der Waals surface area contributed by atoms with Crippen LogP contribution in [0, 0.1) is 5.82 Å².